The first-order valence-electron chi connectivity index (χ1n) is 10.4. The molecule has 0 aliphatic carbocycles. The van der Waals surface area contributed by atoms with E-state index < -0.39 is 0 Å². The normalized spacial score (nSPS) is 11.3. The number of carbonyl (C=O) groups is 1. The van der Waals surface area contributed by atoms with Crippen LogP contribution in [0.25, 0.3) is 6.08 Å². The molecule has 0 amide bonds. The van der Waals surface area contributed by atoms with Crippen molar-refractivity contribution in [2.24, 2.45) is 0 Å². The van der Waals surface area contributed by atoms with Crippen LogP contribution >= 0.6 is 0 Å². The van der Waals surface area contributed by atoms with Crippen LogP contribution in [0.15, 0.2) is 71.8 Å². The largest absolute Gasteiger partial charge is 0.497 e. The number of methoxy groups -OCH3 is 2. The Morgan fingerprint density at radius 1 is 0.903 bits per heavy atom. The monoisotopic (exact) mass is 420 g/mol. The highest BCUT2D eigenvalue weighted by molar-refractivity contribution is 6.06. The lowest BCUT2D eigenvalue weighted by atomic mass is 10.1. The summed E-state index contributed by atoms with van der Waals surface area (Å²) < 4.78 is 16.5. The molecule has 0 saturated heterocycles. The zero-order valence-corrected chi connectivity index (χ0v) is 19.1. The first-order chi connectivity index (χ1) is 14.9. The average molecular weight is 421 g/mol. The number of hydrogen-bond acceptors (Lipinski definition) is 4. The molecule has 0 fully saturated rings. The zero-order chi connectivity index (χ0) is 22.6. The molecule has 31 heavy (non-hydrogen) atoms. The molecule has 4 heteroatoms. The molecular weight excluding hydrogens is 388 g/mol. The molecule has 0 atom stereocenters. The highest BCUT2D eigenvalue weighted by atomic mass is 16.5. The molecule has 0 bridgehead atoms. The summed E-state index contributed by atoms with van der Waals surface area (Å²) >= 11 is 0. The van der Waals surface area contributed by atoms with Gasteiger partial charge >= 0.3 is 0 Å². The molecule has 164 valence electrons. The number of benzene rings is 2. The van der Waals surface area contributed by atoms with Crippen molar-refractivity contribution in [1.29, 1.82) is 0 Å². The van der Waals surface area contributed by atoms with Crippen molar-refractivity contribution >= 4 is 11.9 Å². The molecule has 2 aromatic carbocycles. The third-order valence-electron chi connectivity index (χ3n) is 4.75. The first kappa shape index (κ1) is 24.0. The van der Waals surface area contributed by atoms with Gasteiger partial charge in [-0.3, -0.25) is 4.79 Å². The molecule has 0 N–H and O–H groups in total. The topological polar surface area (TPSA) is 44.8 Å². The van der Waals surface area contributed by atoms with Gasteiger partial charge in [0.1, 0.15) is 12.4 Å². The summed E-state index contributed by atoms with van der Waals surface area (Å²) in [7, 11) is 3.21. The molecule has 0 spiro atoms. The van der Waals surface area contributed by atoms with E-state index in [1.165, 1.54) is 11.1 Å². The highest BCUT2D eigenvalue weighted by Gasteiger charge is 2.06. The Morgan fingerprint density at radius 2 is 1.65 bits per heavy atom. The van der Waals surface area contributed by atoms with Crippen LogP contribution in [0.1, 0.15) is 49.5 Å². The maximum Gasteiger partial charge on any atom is 0.185 e. The Labute approximate surface area is 185 Å². The zero-order valence-electron chi connectivity index (χ0n) is 19.1. The number of ketones is 1. The van der Waals surface area contributed by atoms with Crippen molar-refractivity contribution in [3.05, 3.63) is 83.0 Å². The summed E-state index contributed by atoms with van der Waals surface area (Å²) in [6.45, 7) is 6.83. The molecule has 4 nitrogen and oxygen atoms in total. The number of rotatable bonds is 11. The summed E-state index contributed by atoms with van der Waals surface area (Å²) in [6.07, 6.45) is 9.73. The summed E-state index contributed by atoms with van der Waals surface area (Å²) in [5.74, 6) is 1.96. The van der Waals surface area contributed by atoms with Crippen molar-refractivity contribution in [3.63, 3.8) is 0 Å². The molecule has 2 aromatic rings. The van der Waals surface area contributed by atoms with Crippen molar-refractivity contribution in [1.82, 2.24) is 0 Å². The molecule has 2 rings (SSSR count). The summed E-state index contributed by atoms with van der Waals surface area (Å²) in [6, 6.07) is 12.7. The lowest BCUT2D eigenvalue weighted by molar-refractivity contribution is 0.104. The average Bonchev–Trinajstić information content (AvgIpc) is 2.77. The number of ether oxygens (including phenoxy) is 3. The van der Waals surface area contributed by atoms with Gasteiger partial charge in [0.2, 0.25) is 0 Å². The molecule has 0 heterocycles. The van der Waals surface area contributed by atoms with Gasteiger partial charge in [-0.05, 0) is 87.7 Å². The second kappa shape index (κ2) is 12.4. The lowest BCUT2D eigenvalue weighted by Crippen LogP contribution is -1.98. The van der Waals surface area contributed by atoms with Crippen LogP contribution in [0.2, 0.25) is 0 Å². The fourth-order valence-corrected chi connectivity index (χ4v) is 2.89. The maximum absolute atomic E-state index is 12.4. The van der Waals surface area contributed by atoms with Gasteiger partial charge in [-0.15, -0.1) is 0 Å². The van der Waals surface area contributed by atoms with Gasteiger partial charge in [-0.25, -0.2) is 0 Å². The van der Waals surface area contributed by atoms with E-state index in [4.69, 9.17) is 14.2 Å². The highest BCUT2D eigenvalue weighted by Crippen LogP contribution is 2.29. The smallest absolute Gasteiger partial charge is 0.185 e. The number of hydrogen-bond donors (Lipinski definition) is 0. The predicted octanol–water partition coefficient (Wildman–Crippen LogP) is 6.67. The van der Waals surface area contributed by atoms with Crippen LogP contribution in [0.3, 0.4) is 0 Å². The second-order valence-electron chi connectivity index (χ2n) is 7.52. The number of carbonyl (C=O) groups excluding carboxylic acids is 1. The van der Waals surface area contributed by atoms with E-state index in [2.05, 4.69) is 32.9 Å². The number of allylic oxidation sites excluding steroid dienone is 4. The standard InChI is InChI=1S/C27H32O4/c1-20(2)7-6-8-21(3)17-18-31-26-16-10-22(19-27(26)30-5)9-15-25(28)23-11-13-24(29-4)14-12-23/h7,9-17,19H,6,8,18H2,1-5H3/b15-9+,21-17+. The predicted molar refractivity (Wildman–Crippen MR) is 127 cm³/mol. The van der Waals surface area contributed by atoms with Gasteiger partial charge in [0.25, 0.3) is 0 Å². The van der Waals surface area contributed by atoms with Gasteiger partial charge < -0.3 is 14.2 Å². The third kappa shape index (κ3) is 8.17. The molecular formula is C27H32O4. The quantitative estimate of drug-likeness (QED) is 0.231. The third-order valence-corrected chi connectivity index (χ3v) is 4.75. The van der Waals surface area contributed by atoms with E-state index in [1.54, 1.807) is 50.6 Å². The van der Waals surface area contributed by atoms with Gasteiger partial charge in [0.15, 0.2) is 17.3 Å². The van der Waals surface area contributed by atoms with Crippen molar-refractivity contribution < 1.29 is 19.0 Å². The van der Waals surface area contributed by atoms with E-state index >= 15 is 0 Å². The van der Waals surface area contributed by atoms with E-state index in [0.717, 1.165) is 24.2 Å². The SMILES string of the molecule is COc1ccc(C(=O)/C=C/c2ccc(OC/C=C(\C)CCC=C(C)C)c(OC)c2)cc1. The van der Waals surface area contributed by atoms with Gasteiger partial charge in [0.05, 0.1) is 14.2 Å². The van der Waals surface area contributed by atoms with Crippen molar-refractivity contribution in [3.8, 4) is 17.2 Å². The molecule has 0 aliphatic rings. The van der Waals surface area contributed by atoms with E-state index in [1.807, 2.05) is 18.2 Å². The maximum atomic E-state index is 12.4. The lowest BCUT2D eigenvalue weighted by Gasteiger charge is -2.10. The van der Waals surface area contributed by atoms with Gasteiger partial charge in [-0.2, -0.15) is 0 Å². The minimum atomic E-state index is -0.0735. The first-order valence-corrected chi connectivity index (χ1v) is 10.4. The van der Waals surface area contributed by atoms with E-state index in [-0.39, 0.29) is 5.78 Å². The van der Waals surface area contributed by atoms with Crippen molar-refractivity contribution in [2.75, 3.05) is 20.8 Å². The Hall–Kier alpha value is -3.27. The van der Waals surface area contributed by atoms with Crippen LogP contribution in [0.4, 0.5) is 0 Å². The Balaban J connectivity index is 1.98. The Kier molecular flexibility index (Phi) is 9.63. The fraction of sp³-hybridized carbons (Fsp3) is 0.296. The van der Waals surface area contributed by atoms with E-state index in [9.17, 15) is 4.79 Å². The van der Waals surface area contributed by atoms with Crippen LogP contribution < -0.4 is 14.2 Å². The molecule has 0 unspecified atom stereocenters. The minimum Gasteiger partial charge on any atom is -0.497 e. The van der Waals surface area contributed by atoms with Crippen molar-refractivity contribution in [2.45, 2.75) is 33.6 Å². The Morgan fingerprint density at radius 3 is 2.29 bits per heavy atom. The van der Waals surface area contributed by atoms with Crippen LogP contribution in [-0.4, -0.2) is 26.6 Å². The minimum absolute atomic E-state index is 0.0735. The van der Waals surface area contributed by atoms with Gasteiger partial charge in [0, 0.05) is 5.56 Å². The summed E-state index contributed by atoms with van der Waals surface area (Å²) in [5.41, 5.74) is 4.11. The molecule has 0 aromatic heterocycles. The van der Waals surface area contributed by atoms with Crippen LogP contribution in [0.5, 0.6) is 17.2 Å². The molecule has 0 aliphatic heterocycles. The van der Waals surface area contributed by atoms with Gasteiger partial charge in [-0.1, -0.05) is 29.4 Å². The summed E-state index contributed by atoms with van der Waals surface area (Å²) in [4.78, 5) is 12.4. The fourth-order valence-electron chi connectivity index (χ4n) is 2.89. The molecule has 0 saturated carbocycles. The van der Waals surface area contributed by atoms with Crippen LogP contribution in [0, 0.1) is 0 Å². The summed E-state index contributed by atoms with van der Waals surface area (Å²) in [5, 5.41) is 0. The second-order valence-corrected chi connectivity index (χ2v) is 7.52. The Bertz CT molecular complexity index is 946. The van der Waals surface area contributed by atoms with Crippen LogP contribution in [-0.2, 0) is 0 Å². The van der Waals surface area contributed by atoms with E-state index in [0.29, 0.717) is 23.7 Å². The molecule has 0 radical (unpaired) electrons.